The van der Waals surface area contributed by atoms with Crippen molar-refractivity contribution in [3.8, 4) is 5.75 Å². The van der Waals surface area contributed by atoms with Gasteiger partial charge in [-0.05, 0) is 91.4 Å². The summed E-state index contributed by atoms with van der Waals surface area (Å²) in [6.07, 6.45) is 6.30. The van der Waals surface area contributed by atoms with Gasteiger partial charge in [-0.2, -0.15) is 0 Å². The predicted molar refractivity (Wildman–Crippen MR) is 137 cm³/mol. The van der Waals surface area contributed by atoms with Crippen LogP contribution in [-0.4, -0.2) is 44.4 Å². The Morgan fingerprint density at radius 3 is 2.65 bits per heavy atom. The van der Waals surface area contributed by atoms with Gasteiger partial charge in [0.05, 0.1) is 6.10 Å². The first-order valence-electron chi connectivity index (χ1n) is 12.8. The fourth-order valence-electron chi connectivity index (χ4n) is 4.72. The second kappa shape index (κ2) is 11.4. The van der Waals surface area contributed by atoms with E-state index in [2.05, 4.69) is 49.6 Å². The number of nitrogens with one attached hydrogen (secondary N) is 2. The lowest BCUT2D eigenvalue weighted by molar-refractivity contribution is 0.0679. The summed E-state index contributed by atoms with van der Waals surface area (Å²) in [6, 6.07) is 14.5. The largest absolute Gasteiger partial charge is 0.491 e. The Morgan fingerprint density at radius 1 is 1.09 bits per heavy atom. The highest BCUT2D eigenvalue weighted by Crippen LogP contribution is 2.24. The van der Waals surface area contributed by atoms with Crippen molar-refractivity contribution in [1.29, 1.82) is 0 Å². The number of rotatable bonds is 9. The van der Waals surface area contributed by atoms with E-state index in [1.54, 1.807) is 0 Å². The van der Waals surface area contributed by atoms with Crippen LogP contribution in [0.15, 0.2) is 42.5 Å². The smallest absolute Gasteiger partial charge is 0.251 e. The highest BCUT2D eigenvalue weighted by molar-refractivity contribution is 5.94. The van der Waals surface area contributed by atoms with E-state index >= 15 is 0 Å². The standard InChI is InChI=1S/C29H40N2O3/c1-29(2,3)20-30-15-14-21-6-7-24-18-25(11-8-23(24)17-21)31-28(32)22-9-12-26(13-10-22)34-19-27-5-4-16-33-27/h6-7,9-10,12-13,17,25,27,30H,4-5,8,11,14-16,18-20H2,1-3H3,(H,31,32)/t25-,27-/m0/s1. The van der Waals surface area contributed by atoms with Crippen LogP contribution in [-0.2, 0) is 24.0 Å². The molecule has 1 fully saturated rings. The second-order valence-electron chi connectivity index (χ2n) is 11.0. The van der Waals surface area contributed by atoms with Gasteiger partial charge in [-0.15, -0.1) is 0 Å². The average molecular weight is 465 g/mol. The van der Waals surface area contributed by atoms with Gasteiger partial charge < -0.3 is 20.1 Å². The Hall–Kier alpha value is -2.37. The minimum atomic E-state index is -0.0133. The van der Waals surface area contributed by atoms with Gasteiger partial charge in [0.2, 0.25) is 0 Å². The third-order valence-electron chi connectivity index (χ3n) is 6.66. The van der Waals surface area contributed by atoms with Crippen LogP contribution < -0.4 is 15.4 Å². The van der Waals surface area contributed by atoms with E-state index in [0.717, 1.165) is 64.0 Å². The Kier molecular flexibility index (Phi) is 8.28. The lowest BCUT2D eigenvalue weighted by Gasteiger charge is -2.26. The van der Waals surface area contributed by atoms with Crippen molar-refractivity contribution in [3.63, 3.8) is 0 Å². The summed E-state index contributed by atoms with van der Waals surface area (Å²) in [4.78, 5) is 12.8. The van der Waals surface area contributed by atoms with Crippen LogP contribution in [0.4, 0.5) is 0 Å². The summed E-state index contributed by atoms with van der Waals surface area (Å²) in [5, 5.41) is 6.79. The maximum Gasteiger partial charge on any atom is 0.251 e. The zero-order chi connectivity index (χ0) is 24.0. The number of hydrogen-bond acceptors (Lipinski definition) is 4. The molecular weight excluding hydrogens is 424 g/mol. The molecule has 2 aromatic rings. The first kappa shape index (κ1) is 24.7. The Balaban J connectivity index is 1.23. The van der Waals surface area contributed by atoms with Gasteiger partial charge >= 0.3 is 0 Å². The molecule has 1 aliphatic carbocycles. The molecule has 5 nitrogen and oxygen atoms in total. The topological polar surface area (TPSA) is 59.6 Å². The van der Waals surface area contributed by atoms with Crippen LogP contribution in [0.5, 0.6) is 5.75 Å². The molecule has 2 N–H and O–H groups in total. The number of carbonyl (C=O) groups excluding carboxylic acids is 1. The van der Waals surface area contributed by atoms with Crippen LogP contribution >= 0.6 is 0 Å². The van der Waals surface area contributed by atoms with E-state index in [1.165, 1.54) is 16.7 Å². The van der Waals surface area contributed by atoms with Crippen molar-refractivity contribution < 1.29 is 14.3 Å². The highest BCUT2D eigenvalue weighted by Gasteiger charge is 2.21. The normalized spacial score (nSPS) is 20.1. The highest BCUT2D eigenvalue weighted by atomic mass is 16.5. The lowest BCUT2D eigenvalue weighted by Crippen LogP contribution is -2.38. The zero-order valence-electron chi connectivity index (χ0n) is 21.0. The maximum atomic E-state index is 12.8. The predicted octanol–water partition coefficient (Wildman–Crippen LogP) is 4.71. The van der Waals surface area contributed by atoms with Gasteiger partial charge in [0.15, 0.2) is 0 Å². The molecule has 1 saturated heterocycles. The van der Waals surface area contributed by atoms with E-state index in [0.29, 0.717) is 17.6 Å². The zero-order valence-corrected chi connectivity index (χ0v) is 21.0. The fourth-order valence-corrected chi connectivity index (χ4v) is 4.72. The van der Waals surface area contributed by atoms with Gasteiger partial charge in [-0.3, -0.25) is 4.79 Å². The van der Waals surface area contributed by atoms with Crippen LogP contribution in [0.25, 0.3) is 0 Å². The van der Waals surface area contributed by atoms with Crippen LogP contribution in [0.3, 0.4) is 0 Å². The van der Waals surface area contributed by atoms with Crippen LogP contribution in [0.2, 0.25) is 0 Å². The van der Waals surface area contributed by atoms with Crippen molar-refractivity contribution in [2.24, 2.45) is 5.41 Å². The number of fused-ring (bicyclic) bond motifs is 1. The van der Waals surface area contributed by atoms with Gasteiger partial charge in [-0.1, -0.05) is 39.0 Å². The molecule has 2 atom stereocenters. The van der Waals surface area contributed by atoms with Crippen molar-refractivity contribution in [1.82, 2.24) is 10.6 Å². The number of amides is 1. The summed E-state index contributed by atoms with van der Waals surface area (Å²) < 4.78 is 11.4. The summed E-state index contributed by atoms with van der Waals surface area (Å²) >= 11 is 0. The summed E-state index contributed by atoms with van der Waals surface area (Å²) in [5.41, 5.74) is 5.18. The quantitative estimate of drug-likeness (QED) is 0.528. The van der Waals surface area contributed by atoms with Crippen molar-refractivity contribution in [2.75, 3.05) is 26.3 Å². The lowest BCUT2D eigenvalue weighted by atomic mass is 9.86. The van der Waals surface area contributed by atoms with E-state index in [4.69, 9.17) is 9.47 Å². The molecule has 2 aromatic carbocycles. The van der Waals surface area contributed by atoms with Gasteiger partial charge in [-0.25, -0.2) is 0 Å². The third-order valence-corrected chi connectivity index (χ3v) is 6.66. The molecule has 184 valence electrons. The van der Waals surface area contributed by atoms with Gasteiger partial charge in [0.1, 0.15) is 12.4 Å². The maximum absolute atomic E-state index is 12.8. The van der Waals surface area contributed by atoms with Crippen LogP contribution in [0, 0.1) is 5.41 Å². The van der Waals surface area contributed by atoms with E-state index < -0.39 is 0 Å². The molecule has 0 bridgehead atoms. The Labute approximate surface area is 204 Å². The number of aryl methyl sites for hydroxylation is 1. The van der Waals surface area contributed by atoms with Gasteiger partial charge in [0, 0.05) is 24.8 Å². The molecule has 0 aromatic heterocycles. The molecule has 0 radical (unpaired) electrons. The second-order valence-corrected chi connectivity index (χ2v) is 11.0. The molecular formula is C29H40N2O3. The van der Waals surface area contributed by atoms with E-state index in [1.807, 2.05) is 24.3 Å². The molecule has 5 heteroatoms. The Morgan fingerprint density at radius 2 is 1.91 bits per heavy atom. The third kappa shape index (κ3) is 7.31. The molecule has 0 spiro atoms. The number of carbonyl (C=O) groups is 1. The molecule has 34 heavy (non-hydrogen) atoms. The first-order chi connectivity index (χ1) is 16.4. The monoisotopic (exact) mass is 464 g/mol. The van der Waals surface area contributed by atoms with Crippen molar-refractivity contribution in [3.05, 3.63) is 64.7 Å². The molecule has 1 aliphatic heterocycles. The molecule has 1 heterocycles. The minimum absolute atomic E-state index is 0.0133. The number of ether oxygens (including phenoxy) is 2. The SMILES string of the molecule is CC(C)(C)CNCCc1ccc2c(c1)CC[C@H](NC(=O)c1ccc(OC[C@@H]3CCCO3)cc1)C2. The minimum Gasteiger partial charge on any atom is -0.491 e. The van der Waals surface area contributed by atoms with Crippen molar-refractivity contribution >= 4 is 5.91 Å². The molecule has 2 aliphatic rings. The average Bonchev–Trinajstić information content (AvgIpc) is 3.34. The summed E-state index contributed by atoms with van der Waals surface area (Å²) in [6.45, 7) is 10.2. The molecule has 4 rings (SSSR count). The molecule has 1 amide bonds. The first-order valence-corrected chi connectivity index (χ1v) is 12.8. The van der Waals surface area contributed by atoms with E-state index in [-0.39, 0.29) is 18.1 Å². The van der Waals surface area contributed by atoms with Crippen LogP contribution in [0.1, 0.15) is 67.1 Å². The van der Waals surface area contributed by atoms with Crippen molar-refractivity contribution in [2.45, 2.75) is 71.4 Å². The number of benzene rings is 2. The van der Waals surface area contributed by atoms with E-state index in [9.17, 15) is 4.79 Å². The Bertz CT molecular complexity index is 943. The fraction of sp³-hybridized carbons (Fsp3) is 0.552. The molecule has 0 unspecified atom stereocenters. The molecule has 0 saturated carbocycles. The summed E-state index contributed by atoms with van der Waals surface area (Å²) in [7, 11) is 0. The van der Waals surface area contributed by atoms with Gasteiger partial charge in [0.25, 0.3) is 5.91 Å². The number of hydrogen-bond donors (Lipinski definition) is 2. The summed E-state index contributed by atoms with van der Waals surface area (Å²) in [5.74, 6) is 0.767.